The Morgan fingerprint density at radius 1 is 0.538 bits per heavy atom. The first kappa shape index (κ1) is 40.1. The molecule has 2 aliphatic carbocycles. The molecule has 0 heterocycles. The molecule has 52 heavy (non-hydrogen) atoms. The summed E-state index contributed by atoms with van der Waals surface area (Å²) in [5, 5.41) is 3.04. The van der Waals surface area contributed by atoms with E-state index in [9.17, 15) is 0 Å². The molecule has 0 radical (unpaired) electrons. The van der Waals surface area contributed by atoms with Crippen molar-refractivity contribution in [3.05, 3.63) is 118 Å². The Morgan fingerprint density at radius 2 is 0.885 bits per heavy atom. The number of rotatable bonds is 11. The maximum atomic E-state index is 8.94. The second-order valence-corrected chi connectivity index (χ2v) is 88.4. The van der Waals surface area contributed by atoms with Gasteiger partial charge in [-0.25, -0.2) is 0 Å². The van der Waals surface area contributed by atoms with Gasteiger partial charge in [-0.3, -0.25) is 0 Å². The molecule has 0 aromatic heterocycles. The monoisotopic (exact) mass is 947 g/mol. The maximum absolute atomic E-state index is 8.94. The third kappa shape index (κ3) is 7.05. The van der Waals surface area contributed by atoms with E-state index in [1.807, 2.05) is 0 Å². The minimum atomic E-state index is -5.12. The number of hydrogen-bond donors (Lipinski definition) is 0. The van der Waals surface area contributed by atoms with Crippen LogP contribution >= 0.6 is 17.2 Å². The molecule has 0 aliphatic heterocycles. The van der Waals surface area contributed by atoms with Crippen molar-refractivity contribution < 1.29 is 15.3 Å². The van der Waals surface area contributed by atoms with Crippen molar-refractivity contribution in [3.8, 4) is 22.3 Å². The molecule has 0 nitrogen and oxygen atoms in total. The number of hydrogen-bond acceptors (Lipinski definition) is 0. The van der Waals surface area contributed by atoms with Gasteiger partial charge in [0.15, 0.2) is 0 Å². The standard InChI is InChI=1S/2C22H27Si.C2H7Si.2ClH.Hf/c2*1-16(2)13-17-14-18-9-8-11-19(21(18)15-17)20-10-6-7-12-22(20)23(3,4)5;1-3-2;;;/h2*6-12,14-16H,13H2,1-5H3;3H,1-2H3;2*1H;/q;;;;;+2/p-2. The van der Waals surface area contributed by atoms with Crippen LogP contribution in [0.4, 0.5) is 0 Å². The van der Waals surface area contributed by atoms with Crippen molar-refractivity contribution in [1.82, 2.24) is 0 Å². The van der Waals surface area contributed by atoms with E-state index < -0.39 is 37.4 Å². The molecular formula is C46H61Cl2HfSi3. The Bertz CT molecular complexity index is 1920. The molecule has 0 amide bonds. The van der Waals surface area contributed by atoms with Crippen LogP contribution in [0, 0.1) is 11.8 Å². The molecule has 0 fully saturated rings. The van der Waals surface area contributed by atoms with Crippen molar-refractivity contribution in [2.75, 3.05) is 0 Å². The van der Waals surface area contributed by atoms with Crippen LogP contribution in [-0.2, 0) is 15.3 Å². The molecule has 2 aliphatic rings. The van der Waals surface area contributed by atoms with Gasteiger partial charge in [0.05, 0.1) is 0 Å². The van der Waals surface area contributed by atoms with E-state index in [1.165, 1.54) is 66.0 Å². The number of allylic oxidation sites excluding steroid dienone is 2. The van der Waals surface area contributed by atoms with Crippen molar-refractivity contribution in [2.45, 2.75) is 100 Å². The van der Waals surface area contributed by atoms with E-state index >= 15 is 0 Å². The quantitative estimate of drug-likeness (QED) is 0.131. The average molecular weight is 948 g/mol. The van der Waals surface area contributed by atoms with Gasteiger partial charge in [-0.05, 0) is 0 Å². The summed E-state index contributed by atoms with van der Waals surface area (Å²) in [5.74, 6) is -0.660. The van der Waals surface area contributed by atoms with Gasteiger partial charge in [-0.2, -0.15) is 0 Å². The zero-order valence-corrected chi connectivity index (χ0v) is 42.1. The second-order valence-electron chi connectivity index (χ2n) is 19.1. The first-order valence-electron chi connectivity index (χ1n) is 19.7. The van der Waals surface area contributed by atoms with Gasteiger partial charge < -0.3 is 0 Å². The van der Waals surface area contributed by atoms with Crippen LogP contribution < -0.4 is 10.4 Å². The van der Waals surface area contributed by atoms with Gasteiger partial charge in [0.2, 0.25) is 0 Å². The predicted molar refractivity (Wildman–Crippen MR) is 241 cm³/mol. The molecule has 0 saturated carbocycles. The zero-order valence-electron chi connectivity index (χ0n) is 33.8. The van der Waals surface area contributed by atoms with Gasteiger partial charge in [-0.15, -0.1) is 0 Å². The molecule has 4 aromatic rings. The topological polar surface area (TPSA) is 0 Å². The summed E-state index contributed by atoms with van der Waals surface area (Å²) in [6.07, 6.45) is 7.17. The molecule has 2 unspecified atom stereocenters. The van der Waals surface area contributed by atoms with Crippen LogP contribution in [0.15, 0.2) is 96.1 Å². The van der Waals surface area contributed by atoms with E-state index in [1.54, 1.807) is 0 Å². The second kappa shape index (κ2) is 14.5. The Labute approximate surface area is 327 Å². The van der Waals surface area contributed by atoms with Crippen LogP contribution in [0.1, 0.15) is 70.1 Å². The van der Waals surface area contributed by atoms with Gasteiger partial charge in [0, 0.05) is 0 Å². The molecule has 4 aromatic carbocycles. The Morgan fingerprint density at radius 3 is 1.21 bits per heavy atom. The third-order valence-corrected chi connectivity index (χ3v) is 88.8. The van der Waals surface area contributed by atoms with Gasteiger partial charge in [-0.1, -0.05) is 0 Å². The molecule has 6 rings (SSSR count). The van der Waals surface area contributed by atoms with Crippen LogP contribution in [-0.4, -0.2) is 22.1 Å². The van der Waals surface area contributed by atoms with Gasteiger partial charge in [0.1, 0.15) is 0 Å². The summed E-state index contributed by atoms with van der Waals surface area (Å²) in [4.78, 5) is 0. The normalized spacial score (nSPS) is 18.4. The molecule has 0 bridgehead atoms. The van der Waals surface area contributed by atoms with Crippen molar-refractivity contribution in [1.29, 1.82) is 0 Å². The molecule has 275 valence electrons. The Balaban J connectivity index is 1.64. The molecule has 2 atom stereocenters. The summed E-state index contributed by atoms with van der Waals surface area (Å²) in [7, 11) is 14.6. The SMILES string of the molecule is CC(C)CC1=Cc2c(-c3ccccc3[Si](C)(C)C)cccc2[CH]1[Hf]([Cl])([Cl])([CH]1C(CC(C)C)=Cc2c(-c3ccccc3[Si](C)(C)C)cccc21)[SiH](C)C. The first-order valence-corrected chi connectivity index (χ1v) is 48.8. The summed E-state index contributed by atoms with van der Waals surface area (Å²) < 4.78 is 0.209. The van der Waals surface area contributed by atoms with Crippen LogP contribution in [0.25, 0.3) is 34.4 Å². The molecule has 0 N–H and O–H groups in total. The summed E-state index contributed by atoms with van der Waals surface area (Å²) in [6.45, 7) is 29.2. The Hall–Kier alpha value is -1.54. The Kier molecular flexibility index (Phi) is 11.2. The number of benzene rings is 4. The third-order valence-electron chi connectivity index (χ3n) is 11.8. The molecular weight excluding hydrogens is 886 g/mol. The fraction of sp³-hybridized carbons (Fsp3) is 0.391. The summed E-state index contributed by atoms with van der Waals surface area (Å²) in [5.41, 5.74) is 14.0. The number of fused-ring (bicyclic) bond motifs is 2. The van der Waals surface area contributed by atoms with E-state index in [2.05, 4.69) is 177 Å². The van der Waals surface area contributed by atoms with Crippen molar-refractivity contribution >= 4 is 61.8 Å². The van der Waals surface area contributed by atoms with Crippen molar-refractivity contribution in [2.24, 2.45) is 11.8 Å². The van der Waals surface area contributed by atoms with Crippen LogP contribution in [0.2, 0.25) is 52.4 Å². The predicted octanol–water partition coefficient (Wildman–Crippen LogP) is 13.8. The summed E-state index contributed by atoms with van der Waals surface area (Å²) >= 11 is -5.12. The fourth-order valence-electron chi connectivity index (χ4n) is 9.57. The minimum absolute atomic E-state index is 0.104. The zero-order chi connectivity index (χ0) is 38.0. The molecule has 0 spiro atoms. The summed E-state index contributed by atoms with van der Waals surface area (Å²) in [6, 6.07) is 32.5. The van der Waals surface area contributed by atoms with E-state index in [0.29, 0.717) is 11.8 Å². The van der Waals surface area contributed by atoms with Gasteiger partial charge in [0.25, 0.3) is 0 Å². The van der Waals surface area contributed by atoms with Crippen LogP contribution in [0.5, 0.6) is 0 Å². The van der Waals surface area contributed by atoms with E-state index in [0.717, 1.165) is 12.8 Å². The van der Waals surface area contributed by atoms with Crippen molar-refractivity contribution in [3.63, 3.8) is 0 Å². The van der Waals surface area contributed by atoms with E-state index in [-0.39, 0.29) is 7.35 Å². The van der Waals surface area contributed by atoms with E-state index in [4.69, 9.17) is 17.2 Å². The first-order chi connectivity index (χ1) is 24.2. The van der Waals surface area contributed by atoms with Crippen LogP contribution in [0.3, 0.4) is 0 Å². The molecule has 6 heteroatoms. The average Bonchev–Trinajstić information content (AvgIpc) is 3.62. The number of halogens is 2. The van der Waals surface area contributed by atoms with Gasteiger partial charge >= 0.3 is 330 Å². The molecule has 0 saturated heterocycles. The fourth-order valence-corrected chi connectivity index (χ4v) is 57.2.